The van der Waals surface area contributed by atoms with Crippen molar-refractivity contribution in [3.63, 3.8) is 0 Å². The summed E-state index contributed by atoms with van der Waals surface area (Å²) in [4.78, 5) is 11.4. The molecule has 1 aliphatic rings. The number of benzene rings is 1. The van der Waals surface area contributed by atoms with Gasteiger partial charge in [0.1, 0.15) is 11.4 Å². The maximum Gasteiger partial charge on any atom is 0.160 e. The fourth-order valence-corrected chi connectivity index (χ4v) is 1.90. The van der Waals surface area contributed by atoms with Crippen LogP contribution < -0.4 is 4.74 Å². The van der Waals surface area contributed by atoms with Crippen molar-refractivity contribution in [2.75, 3.05) is 0 Å². The second-order valence-electron chi connectivity index (χ2n) is 4.80. The van der Waals surface area contributed by atoms with E-state index >= 15 is 0 Å². The van der Waals surface area contributed by atoms with E-state index in [4.69, 9.17) is 4.74 Å². The number of fused-ring (bicyclic) bond motifs is 1. The largest absolute Gasteiger partial charge is 0.483 e. The highest BCUT2D eigenvalue weighted by molar-refractivity contribution is 5.96. The predicted octanol–water partition coefficient (Wildman–Crippen LogP) is 3.38. The number of hydrogen-bond donors (Lipinski definition) is 0. The molecule has 0 unspecified atom stereocenters. The highest BCUT2D eigenvalue weighted by atomic mass is 16.5. The molecular weight excluding hydrogens is 200 g/mol. The van der Waals surface area contributed by atoms with Crippen LogP contribution in [0.5, 0.6) is 5.75 Å². The van der Waals surface area contributed by atoms with E-state index in [0.717, 1.165) is 22.4 Å². The Morgan fingerprint density at radius 1 is 1.31 bits per heavy atom. The third-order valence-electron chi connectivity index (χ3n) is 2.77. The molecule has 84 valence electrons. The first-order valence-corrected chi connectivity index (χ1v) is 5.43. The average Bonchev–Trinajstić information content (AvgIpc) is 2.14. The first kappa shape index (κ1) is 10.9. The van der Waals surface area contributed by atoms with Crippen LogP contribution in [0.4, 0.5) is 0 Å². The van der Waals surface area contributed by atoms with Crippen LogP contribution in [0.15, 0.2) is 18.2 Å². The normalized spacial score (nSPS) is 16.5. The molecule has 0 amide bonds. The zero-order valence-corrected chi connectivity index (χ0v) is 10.1. The SMILES string of the molecule is CC(=O)c1cc2c(cc1C)OC(C)(C)C=C2. The molecule has 0 spiro atoms. The van der Waals surface area contributed by atoms with Gasteiger partial charge < -0.3 is 4.74 Å². The van der Waals surface area contributed by atoms with E-state index in [9.17, 15) is 4.79 Å². The molecule has 2 rings (SSSR count). The van der Waals surface area contributed by atoms with Crippen LogP contribution in [0.1, 0.15) is 42.3 Å². The molecule has 0 aromatic heterocycles. The molecule has 1 aromatic rings. The molecule has 16 heavy (non-hydrogen) atoms. The van der Waals surface area contributed by atoms with Gasteiger partial charge in [0.05, 0.1) is 0 Å². The van der Waals surface area contributed by atoms with Crippen LogP contribution in [-0.4, -0.2) is 11.4 Å². The predicted molar refractivity (Wildman–Crippen MR) is 64.9 cm³/mol. The molecule has 1 aliphatic heterocycles. The summed E-state index contributed by atoms with van der Waals surface area (Å²) in [5.74, 6) is 0.952. The monoisotopic (exact) mass is 216 g/mol. The lowest BCUT2D eigenvalue weighted by Crippen LogP contribution is -2.27. The van der Waals surface area contributed by atoms with E-state index in [1.807, 2.05) is 45.1 Å². The second kappa shape index (κ2) is 3.48. The van der Waals surface area contributed by atoms with Gasteiger partial charge in [-0.25, -0.2) is 0 Å². The Morgan fingerprint density at radius 2 is 2.00 bits per heavy atom. The third-order valence-corrected chi connectivity index (χ3v) is 2.77. The van der Waals surface area contributed by atoms with E-state index in [-0.39, 0.29) is 11.4 Å². The quantitative estimate of drug-likeness (QED) is 0.673. The summed E-state index contributed by atoms with van der Waals surface area (Å²) in [6, 6.07) is 3.84. The highest BCUT2D eigenvalue weighted by Gasteiger charge is 2.22. The zero-order chi connectivity index (χ0) is 11.9. The minimum atomic E-state index is -0.267. The molecule has 1 heterocycles. The van der Waals surface area contributed by atoms with E-state index in [1.54, 1.807) is 6.92 Å². The molecular formula is C14H16O2. The topological polar surface area (TPSA) is 26.3 Å². The second-order valence-corrected chi connectivity index (χ2v) is 4.80. The smallest absolute Gasteiger partial charge is 0.160 e. The summed E-state index contributed by atoms with van der Waals surface area (Å²) in [7, 11) is 0. The molecule has 0 aliphatic carbocycles. The fraction of sp³-hybridized carbons (Fsp3) is 0.357. The number of Topliss-reactive ketones (excluding diaryl/α,β-unsaturated/α-hetero) is 1. The van der Waals surface area contributed by atoms with Crippen molar-refractivity contribution < 1.29 is 9.53 Å². The molecule has 1 aromatic carbocycles. The highest BCUT2D eigenvalue weighted by Crippen LogP contribution is 2.33. The van der Waals surface area contributed by atoms with E-state index in [2.05, 4.69) is 0 Å². The summed E-state index contributed by atoms with van der Waals surface area (Å²) in [5, 5.41) is 0. The van der Waals surface area contributed by atoms with Gasteiger partial charge in [-0.2, -0.15) is 0 Å². The lowest BCUT2D eigenvalue weighted by atomic mass is 9.97. The average molecular weight is 216 g/mol. The maximum atomic E-state index is 11.4. The molecule has 0 bridgehead atoms. The Bertz CT molecular complexity index is 482. The van der Waals surface area contributed by atoms with E-state index < -0.39 is 0 Å². The van der Waals surface area contributed by atoms with Crippen molar-refractivity contribution in [3.8, 4) is 5.75 Å². The van der Waals surface area contributed by atoms with Crippen LogP contribution in [0.25, 0.3) is 6.08 Å². The number of hydrogen-bond acceptors (Lipinski definition) is 2. The van der Waals surface area contributed by atoms with Gasteiger partial charge in [0.2, 0.25) is 0 Å². The van der Waals surface area contributed by atoms with Gasteiger partial charge in [0, 0.05) is 11.1 Å². The molecule has 0 saturated carbocycles. The number of aryl methyl sites for hydroxylation is 1. The Morgan fingerprint density at radius 3 is 2.62 bits per heavy atom. The van der Waals surface area contributed by atoms with Crippen LogP contribution in [0.2, 0.25) is 0 Å². The van der Waals surface area contributed by atoms with Crippen LogP contribution in [-0.2, 0) is 0 Å². The summed E-state index contributed by atoms with van der Waals surface area (Å²) in [6.45, 7) is 7.55. The maximum absolute atomic E-state index is 11.4. The molecule has 2 heteroatoms. The van der Waals surface area contributed by atoms with Crippen molar-refractivity contribution in [1.82, 2.24) is 0 Å². The molecule has 0 saturated heterocycles. The summed E-state index contributed by atoms with van der Waals surface area (Å²) >= 11 is 0. The lowest BCUT2D eigenvalue weighted by Gasteiger charge is -2.28. The van der Waals surface area contributed by atoms with Crippen molar-refractivity contribution in [2.24, 2.45) is 0 Å². The molecule has 0 fully saturated rings. The molecule has 0 atom stereocenters. The Labute approximate surface area is 95.9 Å². The molecule has 2 nitrogen and oxygen atoms in total. The number of carbonyl (C=O) groups excluding carboxylic acids is 1. The van der Waals surface area contributed by atoms with Crippen LogP contribution >= 0.6 is 0 Å². The summed E-state index contributed by atoms with van der Waals surface area (Å²) < 4.78 is 5.84. The lowest BCUT2D eigenvalue weighted by molar-refractivity contribution is 0.101. The van der Waals surface area contributed by atoms with Crippen molar-refractivity contribution in [3.05, 3.63) is 34.9 Å². The minimum absolute atomic E-state index is 0.0959. The summed E-state index contributed by atoms with van der Waals surface area (Å²) in [6.07, 6.45) is 4.03. The number of carbonyl (C=O) groups is 1. The van der Waals surface area contributed by atoms with Gasteiger partial charge >= 0.3 is 0 Å². The number of ether oxygens (including phenoxy) is 1. The zero-order valence-electron chi connectivity index (χ0n) is 10.1. The molecule has 0 radical (unpaired) electrons. The standard InChI is InChI=1S/C14H16O2/c1-9-7-13-11(8-12(9)10(2)15)5-6-14(3,4)16-13/h5-8H,1-4H3. The van der Waals surface area contributed by atoms with Crippen molar-refractivity contribution >= 4 is 11.9 Å². The fourth-order valence-electron chi connectivity index (χ4n) is 1.90. The van der Waals surface area contributed by atoms with Gasteiger partial charge in [0.25, 0.3) is 0 Å². The first-order valence-electron chi connectivity index (χ1n) is 5.43. The minimum Gasteiger partial charge on any atom is -0.483 e. The Kier molecular flexibility index (Phi) is 2.38. The number of rotatable bonds is 1. The first-order chi connectivity index (χ1) is 7.39. The van der Waals surface area contributed by atoms with Gasteiger partial charge in [-0.15, -0.1) is 0 Å². The van der Waals surface area contributed by atoms with Gasteiger partial charge in [-0.3, -0.25) is 4.79 Å². The molecule has 0 N–H and O–H groups in total. The van der Waals surface area contributed by atoms with E-state index in [0.29, 0.717) is 0 Å². The van der Waals surface area contributed by atoms with E-state index in [1.165, 1.54) is 0 Å². The van der Waals surface area contributed by atoms with Gasteiger partial charge in [-0.1, -0.05) is 6.08 Å². The Balaban J connectivity index is 2.54. The van der Waals surface area contributed by atoms with Gasteiger partial charge in [0.15, 0.2) is 5.78 Å². The summed E-state index contributed by atoms with van der Waals surface area (Å²) in [5.41, 5.74) is 2.45. The van der Waals surface area contributed by atoms with Crippen LogP contribution in [0, 0.1) is 6.92 Å². The van der Waals surface area contributed by atoms with Crippen molar-refractivity contribution in [1.29, 1.82) is 0 Å². The Hall–Kier alpha value is -1.57. The van der Waals surface area contributed by atoms with Crippen molar-refractivity contribution in [2.45, 2.75) is 33.3 Å². The number of ketones is 1. The van der Waals surface area contributed by atoms with Crippen LogP contribution in [0.3, 0.4) is 0 Å². The van der Waals surface area contributed by atoms with Gasteiger partial charge in [-0.05, 0) is 51.5 Å². The third kappa shape index (κ3) is 1.87.